The van der Waals surface area contributed by atoms with E-state index in [2.05, 4.69) is 29.5 Å². The Morgan fingerprint density at radius 3 is 2.61 bits per heavy atom. The molecule has 2 aromatic rings. The summed E-state index contributed by atoms with van der Waals surface area (Å²) < 4.78 is 5.23. The van der Waals surface area contributed by atoms with Crippen molar-refractivity contribution in [3.63, 3.8) is 0 Å². The zero-order valence-electron chi connectivity index (χ0n) is 16.1. The molecule has 2 amide bonds. The number of rotatable bonds is 6. The largest absolute Gasteiger partial charge is 0.445 e. The van der Waals surface area contributed by atoms with Gasteiger partial charge >= 0.3 is 6.09 Å². The molecule has 2 aromatic carbocycles. The van der Waals surface area contributed by atoms with Crippen LogP contribution in [0.5, 0.6) is 0 Å². The van der Waals surface area contributed by atoms with Crippen LogP contribution in [-0.4, -0.2) is 23.9 Å². The molecule has 0 saturated heterocycles. The minimum absolute atomic E-state index is 0.130. The fourth-order valence-electron chi connectivity index (χ4n) is 2.93. The van der Waals surface area contributed by atoms with Crippen LogP contribution in [0.4, 0.5) is 10.5 Å². The van der Waals surface area contributed by atoms with Crippen LogP contribution in [-0.2, 0) is 16.1 Å². The van der Waals surface area contributed by atoms with Gasteiger partial charge in [-0.3, -0.25) is 15.1 Å². The first-order valence-corrected chi connectivity index (χ1v) is 9.47. The van der Waals surface area contributed by atoms with Crippen molar-refractivity contribution in [3.8, 4) is 0 Å². The molecule has 1 aliphatic heterocycles. The Bertz CT molecular complexity index is 862. The molecule has 1 heterocycles. The lowest BCUT2D eigenvalue weighted by Crippen LogP contribution is -2.42. The molecule has 3 rings (SSSR count). The van der Waals surface area contributed by atoms with E-state index in [9.17, 15) is 9.59 Å². The van der Waals surface area contributed by atoms with Crippen LogP contribution in [0.15, 0.2) is 59.6 Å². The number of para-hydroxylation sites is 1. The van der Waals surface area contributed by atoms with Gasteiger partial charge in [0.15, 0.2) is 0 Å². The van der Waals surface area contributed by atoms with Gasteiger partial charge in [0.05, 0.1) is 0 Å². The third-order valence-electron chi connectivity index (χ3n) is 4.45. The smallest absolute Gasteiger partial charge is 0.409 e. The highest BCUT2D eigenvalue weighted by Crippen LogP contribution is 2.23. The zero-order chi connectivity index (χ0) is 19.9. The Kier molecular flexibility index (Phi) is 6.42. The Balaban J connectivity index is 1.73. The molecule has 6 nitrogen and oxygen atoms in total. The van der Waals surface area contributed by atoms with Crippen molar-refractivity contribution in [2.75, 3.05) is 5.32 Å². The summed E-state index contributed by atoms with van der Waals surface area (Å²) in [6.45, 7) is 4.41. The Labute approximate surface area is 165 Å². The first kappa shape index (κ1) is 19.6. The van der Waals surface area contributed by atoms with E-state index in [1.807, 2.05) is 54.6 Å². The summed E-state index contributed by atoms with van der Waals surface area (Å²) in [6.07, 6.45) is -0.0484. The van der Waals surface area contributed by atoms with Crippen LogP contribution in [0.3, 0.4) is 0 Å². The predicted octanol–water partition coefficient (Wildman–Crippen LogP) is 4.12. The zero-order valence-corrected chi connectivity index (χ0v) is 16.1. The van der Waals surface area contributed by atoms with Crippen LogP contribution in [0.1, 0.15) is 37.8 Å². The summed E-state index contributed by atoms with van der Waals surface area (Å²) >= 11 is 0. The minimum Gasteiger partial charge on any atom is -0.445 e. The maximum atomic E-state index is 12.6. The van der Waals surface area contributed by atoms with Crippen molar-refractivity contribution in [1.29, 1.82) is 0 Å². The molecule has 0 aromatic heterocycles. The van der Waals surface area contributed by atoms with Gasteiger partial charge in [-0.25, -0.2) is 4.79 Å². The van der Waals surface area contributed by atoms with Crippen LogP contribution >= 0.6 is 0 Å². The maximum absolute atomic E-state index is 12.6. The van der Waals surface area contributed by atoms with Gasteiger partial charge in [0.2, 0.25) is 6.17 Å². The topological polar surface area (TPSA) is 79.8 Å². The summed E-state index contributed by atoms with van der Waals surface area (Å²) in [5, 5.41) is 5.42. The highest BCUT2D eigenvalue weighted by molar-refractivity contribution is 6.12. The molecule has 28 heavy (non-hydrogen) atoms. The van der Waals surface area contributed by atoms with Gasteiger partial charge < -0.3 is 10.1 Å². The Hall–Kier alpha value is -3.15. The van der Waals surface area contributed by atoms with Gasteiger partial charge in [-0.15, -0.1) is 0 Å². The van der Waals surface area contributed by atoms with Crippen LogP contribution in [0.25, 0.3) is 0 Å². The monoisotopic (exact) mass is 379 g/mol. The molecule has 6 heteroatoms. The van der Waals surface area contributed by atoms with Gasteiger partial charge in [-0.05, 0) is 30.4 Å². The summed E-state index contributed by atoms with van der Waals surface area (Å²) in [5.41, 5.74) is 3.27. The van der Waals surface area contributed by atoms with Crippen LogP contribution in [0.2, 0.25) is 0 Å². The minimum atomic E-state index is -1.03. The number of carbonyl (C=O) groups is 2. The first-order chi connectivity index (χ1) is 13.5. The third-order valence-corrected chi connectivity index (χ3v) is 4.45. The van der Waals surface area contributed by atoms with Crippen LogP contribution < -0.4 is 10.6 Å². The van der Waals surface area contributed by atoms with Gasteiger partial charge in [0.1, 0.15) is 6.61 Å². The number of carbonyl (C=O) groups excluding carboxylic acids is 2. The van der Waals surface area contributed by atoms with Crippen LogP contribution in [0, 0.1) is 5.92 Å². The summed E-state index contributed by atoms with van der Waals surface area (Å²) in [5.74, 6) is 0.118. The summed E-state index contributed by atoms with van der Waals surface area (Å²) in [7, 11) is 0. The lowest BCUT2D eigenvalue weighted by atomic mass is 9.99. The number of ether oxygens (including phenoxy) is 1. The molecule has 0 radical (unpaired) electrons. The molecule has 1 atom stereocenters. The fourth-order valence-corrected chi connectivity index (χ4v) is 2.93. The van der Waals surface area contributed by atoms with E-state index in [0.717, 1.165) is 29.7 Å². The number of aliphatic imine (C=N–C) groups is 1. The number of amides is 2. The van der Waals surface area contributed by atoms with E-state index in [1.165, 1.54) is 0 Å². The Morgan fingerprint density at radius 1 is 1.14 bits per heavy atom. The number of benzene rings is 2. The number of hydrogen-bond acceptors (Lipinski definition) is 4. The standard InChI is InChI=1S/C22H25N3O3/c1-15(2)12-13-19-17-10-6-7-11-18(17)24-21(26)20(23-19)25-22(27)28-14-16-8-4-3-5-9-16/h3-11,15,20H,12-14H2,1-2H3,(H,24,26)(H,25,27)/t20-/m1/s1. The molecule has 0 unspecified atom stereocenters. The molecule has 0 fully saturated rings. The second-order valence-corrected chi connectivity index (χ2v) is 7.15. The Morgan fingerprint density at radius 2 is 1.86 bits per heavy atom. The fraction of sp³-hybridized carbons (Fsp3) is 0.318. The van der Waals surface area contributed by atoms with Gasteiger partial charge in [0.25, 0.3) is 5.91 Å². The van der Waals surface area contributed by atoms with Gasteiger partial charge in [0, 0.05) is 17.0 Å². The lowest BCUT2D eigenvalue weighted by molar-refractivity contribution is -0.117. The van der Waals surface area contributed by atoms with E-state index < -0.39 is 12.3 Å². The number of fused-ring (bicyclic) bond motifs is 1. The number of hydrogen-bond donors (Lipinski definition) is 2. The van der Waals surface area contributed by atoms with E-state index in [0.29, 0.717) is 11.6 Å². The quantitative estimate of drug-likeness (QED) is 0.792. The van der Waals surface area contributed by atoms with Crippen molar-refractivity contribution in [3.05, 3.63) is 65.7 Å². The number of alkyl carbamates (subject to hydrolysis) is 1. The molecule has 1 aliphatic rings. The summed E-state index contributed by atoms with van der Waals surface area (Å²) in [4.78, 5) is 29.3. The van der Waals surface area contributed by atoms with Crippen molar-refractivity contribution in [1.82, 2.24) is 5.32 Å². The molecule has 146 valence electrons. The molecule has 0 aliphatic carbocycles. The third kappa shape index (κ3) is 5.19. The number of nitrogens with one attached hydrogen (secondary N) is 2. The van der Waals surface area contributed by atoms with Crippen molar-refractivity contribution in [2.45, 2.75) is 39.5 Å². The lowest BCUT2D eigenvalue weighted by Gasteiger charge is -2.13. The molecule has 0 saturated carbocycles. The van der Waals surface area contributed by atoms with Crippen molar-refractivity contribution in [2.24, 2.45) is 10.9 Å². The number of nitrogens with zero attached hydrogens (tertiary/aromatic N) is 1. The average Bonchev–Trinajstić information content (AvgIpc) is 2.82. The van der Waals surface area contributed by atoms with E-state index in [-0.39, 0.29) is 12.5 Å². The second-order valence-electron chi connectivity index (χ2n) is 7.15. The predicted molar refractivity (Wildman–Crippen MR) is 109 cm³/mol. The number of benzodiazepines with no additional fused rings is 1. The highest BCUT2D eigenvalue weighted by Gasteiger charge is 2.26. The highest BCUT2D eigenvalue weighted by atomic mass is 16.5. The van der Waals surface area contributed by atoms with E-state index >= 15 is 0 Å². The van der Waals surface area contributed by atoms with Gasteiger partial charge in [-0.2, -0.15) is 0 Å². The summed E-state index contributed by atoms with van der Waals surface area (Å²) in [6, 6.07) is 16.9. The molecular formula is C22H25N3O3. The van der Waals surface area contributed by atoms with Crippen molar-refractivity contribution >= 4 is 23.4 Å². The maximum Gasteiger partial charge on any atom is 0.409 e. The van der Waals surface area contributed by atoms with E-state index in [1.54, 1.807) is 0 Å². The molecule has 0 bridgehead atoms. The molecular weight excluding hydrogens is 354 g/mol. The molecule has 2 N–H and O–H groups in total. The first-order valence-electron chi connectivity index (χ1n) is 9.47. The second kappa shape index (κ2) is 9.17. The van der Waals surface area contributed by atoms with Crippen molar-refractivity contribution < 1.29 is 14.3 Å². The number of anilines is 1. The van der Waals surface area contributed by atoms with E-state index in [4.69, 9.17) is 4.74 Å². The average molecular weight is 379 g/mol. The SMILES string of the molecule is CC(C)CCC1=N[C@H](NC(=O)OCc2ccccc2)C(=O)Nc2ccccc21. The normalized spacial score (nSPS) is 15.9. The molecule has 0 spiro atoms. The van der Waals surface area contributed by atoms with Gasteiger partial charge in [-0.1, -0.05) is 62.4 Å².